The minimum absolute atomic E-state index is 0.114. The van der Waals surface area contributed by atoms with Gasteiger partial charge < -0.3 is 5.32 Å². The number of para-hydroxylation sites is 1. The number of aromatic nitrogens is 2. The van der Waals surface area contributed by atoms with Crippen LogP contribution in [0.5, 0.6) is 0 Å². The van der Waals surface area contributed by atoms with Gasteiger partial charge in [-0.05, 0) is 39.2 Å². The van der Waals surface area contributed by atoms with E-state index < -0.39 is 0 Å². The van der Waals surface area contributed by atoms with Crippen LogP contribution in [0.2, 0.25) is 0 Å². The molecular formula is C17H27N3. The van der Waals surface area contributed by atoms with E-state index in [4.69, 9.17) is 5.10 Å². The number of hydrogen-bond acceptors (Lipinski definition) is 2. The number of fused-ring (bicyclic) bond motifs is 1. The normalized spacial score (nSPS) is 12.5. The van der Waals surface area contributed by atoms with Gasteiger partial charge in [0.25, 0.3) is 0 Å². The van der Waals surface area contributed by atoms with Gasteiger partial charge in [-0.25, -0.2) is 0 Å². The SMILES string of the molecule is CC(C)CCn1nc(CNC(C)(C)C)c2ccccc21. The maximum Gasteiger partial charge on any atom is 0.0841 e. The molecule has 0 radical (unpaired) electrons. The van der Waals surface area contributed by atoms with E-state index in [0.717, 1.165) is 25.2 Å². The first-order valence-corrected chi connectivity index (χ1v) is 7.56. The van der Waals surface area contributed by atoms with E-state index in [1.54, 1.807) is 0 Å². The van der Waals surface area contributed by atoms with Crippen LogP contribution >= 0.6 is 0 Å². The molecule has 110 valence electrons. The van der Waals surface area contributed by atoms with Crippen LogP contribution in [0.4, 0.5) is 0 Å². The molecule has 1 aromatic heterocycles. The molecule has 0 aliphatic rings. The van der Waals surface area contributed by atoms with Gasteiger partial charge in [0.2, 0.25) is 0 Å². The van der Waals surface area contributed by atoms with E-state index >= 15 is 0 Å². The second kappa shape index (κ2) is 5.96. The first-order valence-electron chi connectivity index (χ1n) is 7.56. The molecule has 0 aliphatic heterocycles. The lowest BCUT2D eigenvalue weighted by molar-refractivity contribution is 0.418. The number of nitrogens with one attached hydrogen (secondary N) is 1. The van der Waals surface area contributed by atoms with E-state index in [2.05, 4.69) is 68.9 Å². The number of nitrogens with zero attached hydrogens (tertiary/aromatic N) is 2. The molecule has 0 spiro atoms. The summed E-state index contributed by atoms with van der Waals surface area (Å²) < 4.78 is 2.16. The van der Waals surface area contributed by atoms with Crippen molar-refractivity contribution >= 4 is 10.9 Å². The molecule has 1 N–H and O–H groups in total. The van der Waals surface area contributed by atoms with Crippen molar-refractivity contribution in [3.05, 3.63) is 30.0 Å². The van der Waals surface area contributed by atoms with E-state index in [1.165, 1.54) is 10.9 Å². The molecule has 2 rings (SSSR count). The van der Waals surface area contributed by atoms with Crippen molar-refractivity contribution in [3.63, 3.8) is 0 Å². The highest BCUT2D eigenvalue weighted by atomic mass is 15.3. The summed E-state index contributed by atoms with van der Waals surface area (Å²) in [6, 6.07) is 8.53. The Kier molecular flexibility index (Phi) is 4.48. The molecule has 1 heterocycles. The van der Waals surface area contributed by atoms with Crippen molar-refractivity contribution in [2.45, 2.75) is 59.7 Å². The minimum atomic E-state index is 0.114. The number of benzene rings is 1. The second-order valence-corrected chi connectivity index (χ2v) is 6.97. The lowest BCUT2D eigenvalue weighted by Crippen LogP contribution is -2.35. The van der Waals surface area contributed by atoms with E-state index in [9.17, 15) is 0 Å². The summed E-state index contributed by atoms with van der Waals surface area (Å²) in [6.45, 7) is 12.9. The third kappa shape index (κ3) is 3.83. The summed E-state index contributed by atoms with van der Waals surface area (Å²) in [7, 11) is 0. The zero-order valence-corrected chi connectivity index (χ0v) is 13.4. The van der Waals surface area contributed by atoms with Gasteiger partial charge in [0.15, 0.2) is 0 Å². The molecule has 3 nitrogen and oxygen atoms in total. The Hall–Kier alpha value is -1.35. The fraction of sp³-hybridized carbons (Fsp3) is 0.588. The van der Waals surface area contributed by atoms with Gasteiger partial charge in [0.05, 0.1) is 11.2 Å². The summed E-state index contributed by atoms with van der Waals surface area (Å²) in [5.41, 5.74) is 2.51. The lowest BCUT2D eigenvalue weighted by Gasteiger charge is -2.19. The van der Waals surface area contributed by atoms with Gasteiger partial charge in [-0.1, -0.05) is 32.0 Å². The molecular weight excluding hydrogens is 246 g/mol. The largest absolute Gasteiger partial charge is 0.306 e. The molecule has 0 aliphatic carbocycles. The van der Waals surface area contributed by atoms with Crippen LogP contribution in [0.25, 0.3) is 10.9 Å². The van der Waals surface area contributed by atoms with Crippen molar-refractivity contribution in [2.24, 2.45) is 5.92 Å². The van der Waals surface area contributed by atoms with E-state index in [-0.39, 0.29) is 5.54 Å². The van der Waals surface area contributed by atoms with Crippen molar-refractivity contribution in [1.29, 1.82) is 0 Å². The highest BCUT2D eigenvalue weighted by Crippen LogP contribution is 2.20. The molecule has 0 bridgehead atoms. The predicted molar refractivity (Wildman–Crippen MR) is 85.8 cm³/mol. The van der Waals surface area contributed by atoms with Crippen molar-refractivity contribution in [2.75, 3.05) is 0 Å². The third-order valence-corrected chi connectivity index (χ3v) is 3.44. The molecule has 0 amide bonds. The standard InChI is InChI=1S/C17H27N3/c1-13(2)10-11-20-16-9-7-6-8-14(16)15(19-20)12-18-17(3,4)5/h6-9,13,18H,10-12H2,1-5H3. The fourth-order valence-electron chi connectivity index (χ4n) is 2.23. The van der Waals surface area contributed by atoms with Crippen LogP contribution < -0.4 is 5.32 Å². The van der Waals surface area contributed by atoms with Crippen molar-refractivity contribution in [3.8, 4) is 0 Å². The quantitative estimate of drug-likeness (QED) is 0.893. The van der Waals surface area contributed by atoms with Crippen LogP contribution in [0.15, 0.2) is 24.3 Å². The molecule has 3 heteroatoms. The Morgan fingerprint density at radius 1 is 1.20 bits per heavy atom. The van der Waals surface area contributed by atoms with Crippen molar-refractivity contribution < 1.29 is 0 Å². The maximum absolute atomic E-state index is 4.82. The number of aryl methyl sites for hydroxylation is 1. The number of hydrogen-bond donors (Lipinski definition) is 1. The summed E-state index contributed by atoms with van der Waals surface area (Å²) in [6.07, 6.45) is 1.16. The predicted octanol–water partition coefficient (Wildman–Crippen LogP) is 3.97. The highest BCUT2D eigenvalue weighted by molar-refractivity contribution is 5.81. The maximum atomic E-state index is 4.82. The van der Waals surface area contributed by atoms with Crippen LogP contribution in [0, 0.1) is 5.92 Å². The van der Waals surface area contributed by atoms with Gasteiger partial charge >= 0.3 is 0 Å². The van der Waals surface area contributed by atoms with Gasteiger partial charge in [0, 0.05) is 24.0 Å². The molecule has 20 heavy (non-hydrogen) atoms. The van der Waals surface area contributed by atoms with Crippen LogP contribution in [0.3, 0.4) is 0 Å². The van der Waals surface area contributed by atoms with Gasteiger partial charge in [0.1, 0.15) is 0 Å². The second-order valence-electron chi connectivity index (χ2n) is 6.97. The summed E-state index contributed by atoms with van der Waals surface area (Å²) in [4.78, 5) is 0. The molecule has 0 fully saturated rings. The van der Waals surface area contributed by atoms with E-state index in [0.29, 0.717) is 5.92 Å². The third-order valence-electron chi connectivity index (χ3n) is 3.44. The van der Waals surface area contributed by atoms with E-state index in [1.807, 2.05) is 0 Å². The first kappa shape index (κ1) is 15.0. The topological polar surface area (TPSA) is 29.9 Å². The van der Waals surface area contributed by atoms with Gasteiger partial charge in [-0.15, -0.1) is 0 Å². The summed E-state index contributed by atoms with van der Waals surface area (Å²) >= 11 is 0. The molecule has 0 saturated carbocycles. The Bertz CT molecular complexity index is 561. The Morgan fingerprint density at radius 2 is 1.90 bits per heavy atom. The molecule has 1 aromatic carbocycles. The molecule has 0 unspecified atom stereocenters. The highest BCUT2D eigenvalue weighted by Gasteiger charge is 2.14. The zero-order valence-electron chi connectivity index (χ0n) is 13.4. The Morgan fingerprint density at radius 3 is 2.55 bits per heavy atom. The fourth-order valence-corrected chi connectivity index (χ4v) is 2.23. The minimum Gasteiger partial charge on any atom is -0.306 e. The zero-order chi connectivity index (χ0) is 14.8. The molecule has 0 atom stereocenters. The average molecular weight is 273 g/mol. The van der Waals surface area contributed by atoms with Gasteiger partial charge in [-0.3, -0.25) is 4.68 Å². The van der Waals surface area contributed by atoms with Gasteiger partial charge in [-0.2, -0.15) is 5.10 Å². The summed E-state index contributed by atoms with van der Waals surface area (Å²) in [5.74, 6) is 0.703. The van der Waals surface area contributed by atoms with Crippen LogP contribution in [-0.4, -0.2) is 15.3 Å². The first-order chi connectivity index (χ1) is 9.37. The van der Waals surface area contributed by atoms with Crippen molar-refractivity contribution in [1.82, 2.24) is 15.1 Å². The molecule has 0 saturated heterocycles. The Balaban J connectivity index is 2.26. The Labute approximate surface area is 122 Å². The molecule has 2 aromatic rings. The lowest BCUT2D eigenvalue weighted by atomic mass is 10.1. The average Bonchev–Trinajstić information content (AvgIpc) is 2.71. The van der Waals surface area contributed by atoms with Crippen LogP contribution in [0.1, 0.15) is 46.7 Å². The smallest absolute Gasteiger partial charge is 0.0841 e. The summed E-state index contributed by atoms with van der Waals surface area (Å²) in [5, 5.41) is 9.62. The van der Waals surface area contributed by atoms with Crippen LogP contribution in [-0.2, 0) is 13.1 Å². The monoisotopic (exact) mass is 273 g/mol. The number of rotatable bonds is 5.